The van der Waals surface area contributed by atoms with Crippen molar-refractivity contribution in [2.45, 2.75) is 170 Å². The van der Waals surface area contributed by atoms with Crippen molar-refractivity contribution in [3.63, 3.8) is 0 Å². The van der Waals surface area contributed by atoms with Crippen molar-refractivity contribution in [2.24, 2.45) is 21.7 Å². The highest BCUT2D eigenvalue weighted by Crippen LogP contribution is 3.32. The lowest BCUT2D eigenvalue weighted by atomic mass is 9.65. The molecule has 5 heterocycles. The first kappa shape index (κ1) is 26.4. The number of hydrogen-bond acceptors (Lipinski definition) is 1. The van der Waals surface area contributed by atoms with Crippen molar-refractivity contribution in [2.75, 3.05) is 0 Å². The zero-order valence-corrected chi connectivity index (χ0v) is 28.7. The fraction of sp³-hybridized carbons (Fsp3) is 0.969. The maximum atomic E-state index is 2.94. The summed E-state index contributed by atoms with van der Waals surface area (Å²) in [5.41, 5.74) is 2.62. The molecule has 0 spiro atoms. The van der Waals surface area contributed by atoms with Crippen LogP contribution in [0.25, 0.3) is 0 Å². The van der Waals surface area contributed by atoms with Crippen molar-refractivity contribution in [1.29, 1.82) is 0 Å². The summed E-state index contributed by atoms with van der Waals surface area (Å²) in [7, 11) is 2.31. The van der Waals surface area contributed by atoms with Crippen molar-refractivity contribution in [3.05, 3.63) is 0 Å². The van der Waals surface area contributed by atoms with Crippen LogP contribution in [-0.2, 0) is 0 Å². The SMILES string of the molecule is CC1(C2=PP3C4(C5(C)CCCCC5)SP5C3(C3(C)CCCCC3)C5(C3(C)CCCCC3)P24)CCCCC1. The van der Waals surface area contributed by atoms with E-state index in [-0.39, 0.29) is 22.7 Å². The van der Waals surface area contributed by atoms with Crippen LogP contribution < -0.4 is 0 Å². The Morgan fingerprint density at radius 2 is 0.973 bits per heavy atom. The Balaban J connectivity index is 1.37. The summed E-state index contributed by atoms with van der Waals surface area (Å²) in [6.45, 7) is 11.6. The van der Waals surface area contributed by atoms with E-state index >= 15 is 0 Å². The normalized spacial score (nSPS) is 50.5. The Bertz CT molecular complexity index is 998. The highest BCUT2D eigenvalue weighted by Gasteiger charge is 3.06. The summed E-state index contributed by atoms with van der Waals surface area (Å²) in [6.07, 6.45) is 31.1. The molecule has 0 amide bonds. The minimum atomic E-state index is 0.0302. The van der Waals surface area contributed by atoms with Crippen LogP contribution in [0.15, 0.2) is 0 Å². The van der Waals surface area contributed by atoms with Crippen LogP contribution in [0.2, 0.25) is 0 Å². The van der Waals surface area contributed by atoms with E-state index in [2.05, 4.69) is 44.1 Å². The van der Waals surface area contributed by atoms with E-state index in [0.717, 1.165) is 14.0 Å². The van der Waals surface area contributed by atoms with Gasteiger partial charge < -0.3 is 0 Å². The molecule has 6 atom stereocenters. The van der Waals surface area contributed by atoms with Gasteiger partial charge in [-0.3, -0.25) is 0 Å². The van der Waals surface area contributed by atoms with Crippen molar-refractivity contribution in [3.8, 4) is 0 Å². The lowest BCUT2D eigenvalue weighted by molar-refractivity contribution is 0.142. The monoisotopic (exact) mass is 592 g/mol. The third-order valence-corrected chi connectivity index (χ3v) is 40.7. The molecule has 0 aromatic heterocycles. The Morgan fingerprint density at radius 3 is 1.49 bits per heavy atom. The van der Waals surface area contributed by atoms with E-state index in [1.54, 1.807) is 89.9 Å². The van der Waals surface area contributed by atoms with Gasteiger partial charge in [-0.05, 0) is 101 Å². The summed E-state index contributed by atoms with van der Waals surface area (Å²) in [5.74, 6) is 0. The second-order valence-corrected chi connectivity index (χ2v) is 29.2. The molecule has 5 heteroatoms. The minimum Gasteiger partial charge on any atom is -0.114 e. The fourth-order valence-corrected chi connectivity index (χ4v) is 54.8. The first-order chi connectivity index (χ1) is 17.8. The average molecular weight is 593 g/mol. The molecule has 6 unspecified atom stereocenters. The highest BCUT2D eigenvalue weighted by atomic mass is 32.7. The molecule has 0 aromatic carbocycles. The van der Waals surface area contributed by atoms with Gasteiger partial charge in [0.25, 0.3) is 0 Å². The van der Waals surface area contributed by atoms with E-state index in [0.29, 0.717) is 21.7 Å². The maximum absolute atomic E-state index is 2.94. The highest BCUT2D eigenvalue weighted by molar-refractivity contribution is 8.77. The van der Waals surface area contributed by atoms with Crippen LogP contribution in [0.1, 0.15) is 156 Å². The fourth-order valence-electron chi connectivity index (χ4n) is 11.7. The molecule has 9 rings (SSSR count). The van der Waals surface area contributed by atoms with Gasteiger partial charge in [0.15, 0.2) is 0 Å². The second-order valence-electron chi connectivity index (χ2n) is 15.9. The van der Waals surface area contributed by atoms with Gasteiger partial charge in [-0.2, -0.15) is 0 Å². The van der Waals surface area contributed by atoms with Crippen molar-refractivity contribution >= 4 is 47.0 Å². The number of rotatable bonds is 4. The summed E-state index contributed by atoms with van der Waals surface area (Å²) in [4.78, 5) is 1.62. The van der Waals surface area contributed by atoms with Crippen LogP contribution in [0.4, 0.5) is 0 Å². The topological polar surface area (TPSA) is 0 Å². The molecule has 0 nitrogen and oxygen atoms in total. The molecule has 6 bridgehead atoms. The third-order valence-electron chi connectivity index (χ3n) is 13.7. The van der Waals surface area contributed by atoms with Crippen LogP contribution in [-0.4, -0.2) is 19.1 Å². The van der Waals surface area contributed by atoms with Crippen LogP contribution in [0.3, 0.4) is 0 Å². The zero-order valence-electron chi connectivity index (χ0n) is 24.3. The lowest BCUT2D eigenvalue weighted by Gasteiger charge is -2.53. The Morgan fingerprint density at radius 1 is 0.541 bits per heavy atom. The molecular weight excluding hydrogens is 540 g/mol. The first-order valence-electron chi connectivity index (χ1n) is 16.5. The molecule has 4 aliphatic carbocycles. The Kier molecular flexibility index (Phi) is 6.05. The summed E-state index contributed by atoms with van der Waals surface area (Å²) in [6, 6.07) is 0. The first-order valence-corrected chi connectivity index (χ1v) is 23.5. The van der Waals surface area contributed by atoms with Gasteiger partial charge in [0.2, 0.25) is 0 Å². The standard InChI is InChI=1S/C32H52P4S/c1-26(17-9-5-10-18-26)25-33-35-31(28(3)21-13-7-14-22-28)30(27(2)19-11-6-12-20-27)34(25)32(35,37-36(30)31)29(4)23-15-8-16-24-29/h5-24H2,1-4H3. The lowest BCUT2D eigenvalue weighted by Crippen LogP contribution is -2.48. The average Bonchev–Trinajstić information content (AvgIpc) is 3.20. The largest absolute Gasteiger partial charge is 0.114 e. The van der Waals surface area contributed by atoms with Crippen molar-refractivity contribution < 1.29 is 0 Å². The van der Waals surface area contributed by atoms with Gasteiger partial charge in [0.1, 0.15) is 0 Å². The molecule has 0 N–H and O–H groups in total. The van der Waals surface area contributed by atoms with Gasteiger partial charge in [0.05, 0.1) is 9.13 Å². The molecule has 0 radical (unpaired) electrons. The van der Waals surface area contributed by atoms with E-state index < -0.39 is 0 Å². The molecule has 9 aliphatic rings. The number of hydrogen-bond donors (Lipinski definition) is 0. The van der Waals surface area contributed by atoms with E-state index in [1.165, 1.54) is 38.5 Å². The van der Waals surface area contributed by atoms with Crippen molar-refractivity contribution in [1.82, 2.24) is 0 Å². The molecule has 206 valence electrons. The Labute approximate surface area is 237 Å². The molecule has 0 aromatic rings. The van der Waals surface area contributed by atoms with E-state index in [1.807, 2.05) is 7.89 Å². The van der Waals surface area contributed by atoms with Gasteiger partial charge in [-0.15, -0.1) is 11.4 Å². The summed E-state index contributed by atoms with van der Waals surface area (Å²) < 4.78 is 0.738. The molecule has 4 saturated heterocycles. The van der Waals surface area contributed by atoms with Crippen LogP contribution >= 0.6 is 41.9 Å². The second kappa shape index (κ2) is 8.46. The smallest absolute Gasteiger partial charge is 0.0783 e. The maximum Gasteiger partial charge on any atom is 0.0783 e. The quantitative estimate of drug-likeness (QED) is 0.293. The summed E-state index contributed by atoms with van der Waals surface area (Å²) >= 11 is 2.84. The molecular formula is C32H52P4S. The molecule has 4 saturated carbocycles. The zero-order chi connectivity index (χ0) is 25.4. The van der Waals surface area contributed by atoms with Gasteiger partial charge in [0, 0.05) is 4.90 Å². The van der Waals surface area contributed by atoms with E-state index in [9.17, 15) is 0 Å². The molecule has 5 aliphatic heterocycles. The van der Waals surface area contributed by atoms with Gasteiger partial charge >= 0.3 is 0 Å². The van der Waals surface area contributed by atoms with Gasteiger partial charge in [-0.25, -0.2) is 0 Å². The van der Waals surface area contributed by atoms with Crippen LogP contribution in [0, 0.1) is 21.7 Å². The predicted molar refractivity (Wildman–Crippen MR) is 173 cm³/mol. The molecule has 37 heavy (non-hydrogen) atoms. The molecule has 8 fully saturated rings. The van der Waals surface area contributed by atoms with Crippen LogP contribution in [0.5, 0.6) is 0 Å². The van der Waals surface area contributed by atoms with Gasteiger partial charge in [-0.1, -0.05) is 113 Å². The summed E-state index contributed by atoms with van der Waals surface area (Å²) in [5, 5.41) is 2.27. The minimum absolute atomic E-state index is 0.0302. The Hall–Kier alpha value is 1.81. The predicted octanol–water partition coefficient (Wildman–Crippen LogP) is 13.1. The third kappa shape index (κ3) is 2.83. The van der Waals surface area contributed by atoms with E-state index in [4.69, 9.17) is 0 Å².